The fraction of sp³-hybridized carbons (Fsp3) is 0.929. The number of amides is 1. The highest BCUT2D eigenvalue weighted by Gasteiger charge is 2.44. The van der Waals surface area contributed by atoms with Gasteiger partial charge in [0.2, 0.25) is 5.91 Å². The molecule has 2 heterocycles. The average Bonchev–Trinajstić information content (AvgIpc) is 3.07. The zero-order valence-corrected chi connectivity index (χ0v) is 12.9. The molecular formula is C14H24N2O3S. The molecule has 1 amide bonds. The summed E-state index contributed by atoms with van der Waals surface area (Å²) >= 11 is 0. The van der Waals surface area contributed by atoms with Gasteiger partial charge in [-0.05, 0) is 38.5 Å². The van der Waals surface area contributed by atoms with E-state index in [1.807, 2.05) is 11.8 Å². The number of nitrogens with one attached hydrogen (secondary N) is 1. The normalized spacial score (nSPS) is 38.0. The first-order valence-electron chi connectivity index (χ1n) is 7.77. The van der Waals surface area contributed by atoms with Crippen LogP contribution < -0.4 is 5.32 Å². The summed E-state index contributed by atoms with van der Waals surface area (Å²) < 4.78 is 24.0. The van der Waals surface area contributed by atoms with Crippen LogP contribution in [0.25, 0.3) is 0 Å². The molecule has 114 valence electrons. The van der Waals surface area contributed by atoms with Crippen LogP contribution in [0.15, 0.2) is 0 Å². The highest BCUT2D eigenvalue weighted by atomic mass is 32.2. The first kappa shape index (κ1) is 14.3. The third-order valence-corrected chi connectivity index (χ3v) is 7.38. The Bertz CT molecular complexity index is 485. The maximum absolute atomic E-state index is 12.3. The fourth-order valence-corrected chi connectivity index (χ4v) is 5.77. The Kier molecular flexibility index (Phi) is 3.79. The SMILES string of the molecule is CC1NC(C2CCCC2)N(CC2CCCS2(=O)=O)C1=O. The summed E-state index contributed by atoms with van der Waals surface area (Å²) in [6, 6.07) is -0.176. The van der Waals surface area contributed by atoms with Gasteiger partial charge in [0.1, 0.15) is 0 Å². The molecule has 2 saturated heterocycles. The van der Waals surface area contributed by atoms with Crippen molar-refractivity contribution in [3.05, 3.63) is 0 Å². The van der Waals surface area contributed by atoms with Crippen LogP contribution >= 0.6 is 0 Å². The van der Waals surface area contributed by atoms with Crippen molar-refractivity contribution in [1.29, 1.82) is 0 Å². The van der Waals surface area contributed by atoms with Gasteiger partial charge in [-0.3, -0.25) is 10.1 Å². The largest absolute Gasteiger partial charge is 0.324 e. The van der Waals surface area contributed by atoms with Crippen LogP contribution in [-0.4, -0.2) is 49.0 Å². The van der Waals surface area contributed by atoms with Gasteiger partial charge in [0, 0.05) is 6.54 Å². The molecule has 6 heteroatoms. The van der Waals surface area contributed by atoms with Crippen molar-refractivity contribution in [1.82, 2.24) is 10.2 Å². The molecule has 3 rings (SSSR count). The molecule has 3 fully saturated rings. The summed E-state index contributed by atoms with van der Waals surface area (Å²) in [5.41, 5.74) is 0. The quantitative estimate of drug-likeness (QED) is 0.841. The molecule has 3 atom stereocenters. The number of hydrogen-bond acceptors (Lipinski definition) is 4. The predicted molar refractivity (Wildman–Crippen MR) is 76.9 cm³/mol. The lowest BCUT2D eigenvalue weighted by molar-refractivity contribution is -0.130. The Hall–Kier alpha value is -0.620. The number of carbonyl (C=O) groups is 1. The van der Waals surface area contributed by atoms with Crippen molar-refractivity contribution in [3.63, 3.8) is 0 Å². The van der Waals surface area contributed by atoms with Crippen molar-refractivity contribution >= 4 is 15.7 Å². The van der Waals surface area contributed by atoms with E-state index in [-0.39, 0.29) is 29.1 Å². The molecule has 3 unspecified atom stereocenters. The highest BCUT2D eigenvalue weighted by Crippen LogP contribution is 2.33. The van der Waals surface area contributed by atoms with E-state index in [9.17, 15) is 13.2 Å². The second kappa shape index (κ2) is 5.30. The lowest BCUT2D eigenvalue weighted by Crippen LogP contribution is -2.46. The Labute approximate surface area is 121 Å². The minimum Gasteiger partial charge on any atom is -0.324 e. The number of rotatable bonds is 3. The number of sulfone groups is 1. The summed E-state index contributed by atoms with van der Waals surface area (Å²) in [6.07, 6.45) is 6.24. The first-order chi connectivity index (χ1) is 9.49. The van der Waals surface area contributed by atoms with E-state index in [1.54, 1.807) is 0 Å². The summed E-state index contributed by atoms with van der Waals surface area (Å²) in [4.78, 5) is 14.2. The van der Waals surface area contributed by atoms with Crippen molar-refractivity contribution in [2.24, 2.45) is 5.92 Å². The van der Waals surface area contributed by atoms with E-state index in [0.717, 1.165) is 19.3 Å². The molecule has 0 aromatic rings. The summed E-state index contributed by atoms with van der Waals surface area (Å²) in [5, 5.41) is 3.03. The van der Waals surface area contributed by atoms with Crippen LogP contribution in [0, 0.1) is 5.92 Å². The zero-order chi connectivity index (χ0) is 14.3. The number of nitrogens with zero attached hydrogens (tertiary/aromatic N) is 1. The first-order valence-corrected chi connectivity index (χ1v) is 9.48. The van der Waals surface area contributed by atoms with Crippen LogP contribution in [0.4, 0.5) is 0 Å². The molecule has 0 aromatic heterocycles. The Balaban J connectivity index is 1.76. The van der Waals surface area contributed by atoms with Crippen LogP contribution in [0.2, 0.25) is 0 Å². The maximum atomic E-state index is 12.3. The highest BCUT2D eigenvalue weighted by molar-refractivity contribution is 7.92. The molecule has 0 bridgehead atoms. The topological polar surface area (TPSA) is 66.5 Å². The molecule has 2 aliphatic heterocycles. The number of carbonyl (C=O) groups excluding carboxylic acids is 1. The third-order valence-electron chi connectivity index (χ3n) is 5.12. The Morgan fingerprint density at radius 1 is 1.20 bits per heavy atom. The average molecular weight is 300 g/mol. The monoisotopic (exact) mass is 300 g/mol. The van der Waals surface area contributed by atoms with Gasteiger partial charge in [0.05, 0.1) is 23.2 Å². The van der Waals surface area contributed by atoms with Gasteiger partial charge in [-0.1, -0.05) is 12.8 Å². The molecule has 1 aliphatic carbocycles. The van der Waals surface area contributed by atoms with E-state index in [2.05, 4.69) is 5.32 Å². The standard InChI is InChI=1S/C14H24N2O3S/c1-10-14(17)16(9-12-7-4-8-20(12,18)19)13(15-10)11-5-2-3-6-11/h10-13,15H,2-9H2,1H3. The molecular weight excluding hydrogens is 276 g/mol. The maximum Gasteiger partial charge on any atom is 0.240 e. The van der Waals surface area contributed by atoms with Crippen molar-refractivity contribution < 1.29 is 13.2 Å². The van der Waals surface area contributed by atoms with Crippen LogP contribution in [-0.2, 0) is 14.6 Å². The second-order valence-corrected chi connectivity index (χ2v) is 8.90. The van der Waals surface area contributed by atoms with E-state index >= 15 is 0 Å². The third kappa shape index (κ3) is 2.48. The molecule has 5 nitrogen and oxygen atoms in total. The van der Waals surface area contributed by atoms with Gasteiger partial charge in [-0.2, -0.15) is 0 Å². The minimum atomic E-state index is -2.98. The smallest absolute Gasteiger partial charge is 0.240 e. The molecule has 20 heavy (non-hydrogen) atoms. The Morgan fingerprint density at radius 2 is 1.90 bits per heavy atom. The lowest BCUT2D eigenvalue weighted by Gasteiger charge is -2.30. The van der Waals surface area contributed by atoms with Gasteiger partial charge >= 0.3 is 0 Å². The van der Waals surface area contributed by atoms with E-state index in [4.69, 9.17) is 0 Å². The predicted octanol–water partition coefficient (Wildman–Crippen LogP) is 0.900. The summed E-state index contributed by atoms with van der Waals surface area (Å²) in [6.45, 7) is 2.27. The van der Waals surface area contributed by atoms with Gasteiger partial charge in [0.15, 0.2) is 9.84 Å². The van der Waals surface area contributed by atoms with Crippen LogP contribution in [0.3, 0.4) is 0 Å². The lowest BCUT2D eigenvalue weighted by atomic mass is 10.0. The van der Waals surface area contributed by atoms with E-state index in [0.29, 0.717) is 18.9 Å². The van der Waals surface area contributed by atoms with Crippen LogP contribution in [0.5, 0.6) is 0 Å². The second-order valence-electron chi connectivity index (χ2n) is 6.50. The summed E-state index contributed by atoms with van der Waals surface area (Å²) in [7, 11) is -2.98. The molecule has 1 saturated carbocycles. The van der Waals surface area contributed by atoms with Gasteiger partial charge in [-0.15, -0.1) is 0 Å². The fourth-order valence-electron chi connectivity index (χ4n) is 3.95. The molecule has 0 radical (unpaired) electrons. The van der Waals surface area contributed by atoms with E-state index < -0.39 is 9.84 Å². The van der Waals surface area contributed by atoms with Crippen molar-refractivity contribution in [2.75, 3.05) is 12.3 Å². The van der Waals surface area contributed by atoms with Gasteiger partial charge in [-0.25, -0.2) is 8.42 Å². The Morgan fingerprint density at radius 3 is 2.50 bits per heavy atom. The van der Waals surface area contributed by atoms with Gasteiger partial charge in [0.25, 0.3) is 0 Å². The zero-order valence-electron chi connectivity index (χ0n) is 12.0. The summed E-state index contributed by atoms with van der Waals surface area (Å²) in [5.74, 6) is 0.855. The van der Waals surface area contributed by atoms with Crippen molar-refractivity contribution in [3.8, 4) is 0 Å². The van der Waals surface area contributed by atoms with Crippen molar-refractivity contribution in [2.45, 2.75) is 62.9 Å². The van der Waals surface area contributed by atoms with Gasteiger partial charge < -0.3 is 4.90 Å². The minimum absolute atomic E-state index is 0.0517. The molecule has 0 spiro atoms. The molecule has 3 aliphatic rings. The van der Waals surface area contributed by atoms with Crippen LogP contribution in [0.1, 0.15) is 45.4 Å². The molecule has 1 N–H and O–H groups in total. The number of hydrogen-bond donors (Lipinski definition) is 1. The molecule has 0 aromatic carbocycles. The van der Waals surface area contributed by atoms with E-state index in [1.165, 1.54) is 12.8 Å².